The molecule has 0 amide bonds. The summed E-state index contributed by atoms with van der Waals surface area (Å²) in [5, 5.41) is 2.05. The minimum absolute atomic E-state index is 0.191. The van der Waals surface area contributed by atoms with Crippen molar-refractivity contribution in [3.05, 3.63) is 29.8 Å². The van der Waals surface area contributed by atoms with E-state index < -0.39 is 0 Å². The van der Waals surface area contributed by atoms with Crippen LogP contribution >= 0.6 is 0 Å². The fourth-order valence-corrected chi connectivity index (χ4v) is 3.00. The van der Waals surface area contributed by atoms with E-state index in [1.165, 1.54) is 5.56 Å². The van der Waals surface area contributed by atoms with E-state index in [1.54, 1.807) is 0 Å². The molecule has 3 atom stereocenters. The second kappa shape index (κ2) is 4.50. The quantitative estimate of drug-likeness (QED) is 0.775. The summed E-state index contributed by atoms with van der Waals surface area (Å²) in [4.78, 5) is 5.86. The highest BCUT2D eigenvalue weighted by atomic mass is 16.7. The van der Waals surface area contributed by atoms with E-state index in [1.807, 2.05) is 0 Å². The molecule has 104 valence electrons. The molecule has 1 aromatic rings. The third kappa shape index (κ3) is 2.26. The SMILES string of the molecule is C[C@@H]1OC[C@H]2CON(c3ccc(C(C)(C)C)cc3)[C@H]21. The van der Waals surface area contributed by atoms with Crippen molar-refractivity contribution in [2.24, 2.45) is 5.92 Å². The minimum Gasteiger partial charge on any atom is -0.376 e. The van der Waals surface area contributed by atoms with Crippen LogP contribution in [0.15, 0.2) is 24.3 Å². The maximum atomic E-state index is 5.86. The highest BCUT2D eigenvalue weighted by Crippen LogP contribution is 2.36. The molecular formula is C16H23NO2. The van der Waals surface area contributed by atoms with Crippen molar-refractivity contribution in [1.82, 2.24) is 0 Å². The molecule has 19 heavy (non-hydrogen) atoms. The Morgan fingerprint density at radius 3 is 2.42 bits per heavy atom. The summed E-state index contributed by atoms with van der Waals surface area (Å²) in [7, 11) is 0. The summed E-state index contributed by atoms with van der Waals surface area (Å²) in [6.07, 6.45) is 0.245. The standard InChI is InChI=1S/C16H23NO2/c1-11-15-12(9-18-11)10-19-17(15)14-7-5-13(6-8-14)16(2,3)4/h5-8,11-12,15H,9-10H2,1-4H3/t11-,12-,15-/m0/s1. The van der Waals surface area contributed by atoms with Gasteiger partial charge in [-0.15, -0.1) is 0 Å². The largest absolute Gasteiger partial charge is 0.376 e. The zero-order valence-corrected chi connectivity index (χ0v) is 12.2. The van der Waals surface area contributed by atoms with Crippen LogP contribution in [0, 0.1) is 5.92 Å². The molecule has 0 aliphatic carbocycles. The van der Waals surface area contributed by atoms with Crippen LogP contribution in [0.2, 0.25) is 0 Å². The maximum Gasteiger partial charge on any atom is 0.0897 e. The van der Waals surface area contributed by atoms with Crippen LogP contribution in [0.1, 0.15) is 33.3 Å². The average Bonchev–Trinajstić information content (AvgIpc) is 2.92. The molecule has 2 aliphatic heterocycles. The van der Waals surface area contributed by atoms with Gasteiger partial charge < -0.3 is 4.74 Å². The van der Waals surface area contributed by atoms with E-state index in [0.29, 0.717) is 12.0 Å². The fourth-order valence-electron chi connectivity index (χ4n) is 3.00. The Kier molecular flexibility index (Phi) is 3.06. The first-order valence-corrected chi connectivity index (χ1v) is 7.11. The lowest BCUT2D eigenvalue weighted by Gasteiger charge is -2.27. The lowest BCUT2D eigenvalue weighted by molar-refractivity contribution is 0.0586. The van der Waals surface area contributed by atoms with Crippen LogP contribution in [-0.2, 0) is 15.0 Å². The fraction of sp³-hybridized carbons (Fsp3) is 0.625. The molecule has 0 spiro atoms. The van der Waals surface area contributed by atoms with Gasteiger partial charge in [0, 0.05) is 5.92 Å². The highest BCUT2D eigenvalue weighted by molar-refractivity contribution is 5.48. The normalized spacial score (nSPS) is 30.7. The van der Waals surface area contributed by atoms with Crippen molar-refractivity contribution in [3.8, 4) is 0 Å². The Balaban J connectivity index is 1.83. The predicted molar refractivity (Wildman–Crippen MR) is 76.3 cm³/mol. The van der Waals surface area contributed by atoms with E-state index in [-0.39, 0.29) is 11.5 Å². The van der Waals surface area contributed by atoms with Crippen molar-refractivity contribution >= 4 is 5.69 Å². The molecule has 2 heterocycles. The van der Waals surface area contributed by atoms with E-state index in [2.05, 4.69) is 57.0 Å². The van der Waals surface area contributed by atoms with E-state index in [0.717, 1.165) is 18.9 Å². The van der Waals surface area contributed by atoms with Gasteiger partial charge >= 0.3 is 0 Å². The van der Waals surface area contributed by atoms with Gasteiger partial charge in [-0.3, -0.25) is 4.84 Å². The molecule has 2 fully saturated rings. The Morgan fingerprint density at radius 1 is 1.11 bits per heavy atom. The molecule has 1 aromatic carbocycles. The maximum absolute atomic E-state index is 5.86. The Bertz CT molecular complexity index is 449. The number of anilines is 1. The first-order chi connectivity index (χ1) is 8.97. The molecule has 2 saturated heterocycles. The monoisotopic (exact) mass is 261 g/mol. The van der Waals surface area contributed by atoms with E-state index in [4.69, 9.17) is 9.57 Å². The van der Waals surface area contributed by atoms with Crippen LogP contribution in [0.25, 0.3) is 0 Å². The first kappa shape index (κ1) is 12.9. The van der Waals surface area contributed by atoms with Crippen molar-refractivity contribution in [2.45, 2.75) is 45.3 Å². The van der Waals surface area contributed by atoms with Crippen molar-refractivity contribution in [2.75, 3.05) is 18.3 Å². The van der Waals surface area contributed by atoms with Gasteiger partial charge in [0.2, 0.25) is 0 Å². The molecule has 2 aliphatic rings. The van der Waals surface area contributed by atoms with Gasteiger partial charge in [-0.05, 0) is 30.0 Å². The van der Waals surface area contributed by atoms with Gasteiger partial charge in [0.15, 0.2) is 0 Å². The molecule has 0 unspecified atom stereocenters. The summed E-state index contributed by atoms with van der Waals surface area (Å²) in [5.41, 5.74) is 2.68. The van der Waals surface area contributed by atoms with Gasteiger partial charge in [-0.2, -0.15) is 0 Å². The molecule has 3 heteroatoms. The number of rotatable bonds is 1. The molecule has 0 bridgehead atoms. The van der Waals surface area contributed by atoms with Crippen LogP contribution < -0.4 is 5.06 Å². The van der Waals surface area contributed by atoms with Gasteiger partial charge in [-0.1, -0.05) is 32.9 Å². The first-order valence-electron chi connectivity index (χ1n) is 7.11. The molecule has 3 nitrogen and oxygen atoms in total. The molecule has 0 aromatic heterocycles. The smallest absolute Gasteiger partial charge is 0.0897 e. The zero-order chi connectivity index (χ0) is 13.6. The second-order valence-corrected chi connectivity index (χ2v) is 6.71. The number of hydrogen-bond acceptors (Lipinski definition) is 3. The molecule has 0 radical (unpaired) electrons. The van der Waals surface area contributed by atoms with Gasteiger partial charge in [-0.25, -0.2) is 5.06 Å². The second-order valence-electron chi connectivity index (χ2n) is 6.71. The van der Waals surface area contributed by atoms with E-state index >= 15 is 0 Å². The average molecular weight is 261 g/mol. The number of hydrogen-bond donors (Lipinski definition) is 0. The topological polar surface area (TPSA) is 21.7 Å². The number of nitrogens with zero attached hydrogens (tertiary/aromatic N) is 1. The zero-order valence-electron chi connectivity index (χ0n) is 12.2. The molecule has 3 rings (SSSR count). The Morgan fingerprint density at radius 2 is 1.79 bits per heavy atom. The lowest BCUT2D eigenvalue weighted by atomic mass is 9.87. The number of fused-ring (bicyclic) bond motifs is 1. The third-order valence-electron chi connectivity index (χ3n) is 4.22. The van der Waals surface area contributed by atoms with Crippen LogP contribution in [0.3, 0.4) is 0 Å². The van der Waals surface area contributed by atoms with Crippen molar-refractivity contribution in [1.29, 1.82) is 0 Å². The third-order valence-corrected chi connectivity index (χ3v) is 4.22. The highest BCUT2D eigenvalue weighted by Gasteiger charge is 2.44. The molecular weight excluding hydrogens is 238 g/mol. The lowest BCUT2D eigenvalue weighted by Crippen LogP contribution is -2.36. The molecule has 0 N–H and O–H groups in total. The number of benzene rings is 1. The summed E-state index contributed by atoms with van der Waals surface area (Å²) in [5.74, 6) is 0.511. The summed E-state index contributed by atoms with van der Waals surface area (Å²) in [6.45, 7) is 10.4. The van der Waals surface area contributed by atoms with Crippen molar-refractivity contribution in [3.63, 3.8) is 0 Å². The number of hydroxylamine groups is 1. The van der Waals surface area contributed by atoms with Crippen molar-refractivity contribution < 1.29 is 9.57 Å². The summed E-state index contributed by atoms with van der Waals surface area (Å²) in [6, 6.07) is 9.08. The van der Waals surface area contributed by atoms with Gasteiger partial charge in [0.05, 0.1) is 31.0 Å². The Labute approximate surface area is 115 Å². The Hall–Kier alpha value is -1.06. The van der Waals surface area contributed by atoms with Gasteiger partial charge in [0.25, 0.3) is 0 Å². The van der Waals surface area contributed by atoms with Gasteiger partial charge in [0.1, 0.15) is 0 Å². The van der Waals surface area contributed by atoms with Crippen LogP contribution in [-0.4, -0.2) is 25.4 Å². The van der Waals surface area contributed by atoms with E-state index in [9.17, 15) is 0 Å². The van der Waals surface area contributed by atoms with Crippen LogP contribution in [0.5, 0.6) is 0 Å². The predicted octanol–water partition coefficient (Wildman–Crippen LogP) is 3.14. The number of ether oxygens (including phenoxy) is 1. The molecule has 0 saturated carbocycles. The summed E-state index contributed by atoms with van der Waals surface area (Å²) < 4.78 is 5.73. The summed E-state index contributed by atoms with van der Waals surface area (Å²) >= 11 is 0. The van der Waals surface area contributed by atoms with Crippen LogP contribution in [0.4, 0.5) is 5.69 Å². The minimum atomic E-state index is 0.191.